The lowest BCUT2D eigenvalue weighted by molar-refractivity contribution is -0.116. The van der Waals surface area contributed by atoms with Crippen molar-refractivity contribution >= 4 is 28.8 Å². The number of anilines is 1. The first-order chi connectivity index (χ1) is 12.7. The molecule has 1 amide bonds. The van der Waals surface area contributed by atoms with Crippen molar-refractivity contribution in [2.75, 3.05) is 11.9 Å². The number of carbonyl (C=O) groups excluding carboxylic acids is 2. The Labute approximate surface area is 152 Å². The van der Waals surface area contributed by atoms with Crippen molar-refractivity contribution in [1.29, 1.82) is 0 Å². The summed E-state index contributed by atoms with van der Waals surface area (Å²) >= 11 is 0. The number of aromatic nitrogens is 1. The van der Waals surface area contributed by atoms with E-state index in [-0.39, 0.29) is 12.5 Å². The number of benzene rings is 2. The van der Waals surface area contributed by atoms with Gasteiger partial charge in [-0.2, -0.15) is 0 Å². The SMILES string of the molecule is CCOc1ccc(NC(=O)Cn2cc(C=O)c3cccc(CC)c32)cc1. The van der Waals surface area contributed by atoms with Gasteiger partial charge in [0.25, 0.3) is 0 Å². The highest BCUT2D eigenvalue weighted by Crippen LogP contribution is 2.24. The van der Waals surface area contributed by atoms with Crippen LogP contribution in [-0.2, 0) is 17.8 Å². The molecular formula is C21H22N2O3. The van der Waals surface area contributed by atoms with Crippen molar-refractivity contribution in [3.05, 3.63) is 59.8 Å². The molecule has 1 aromatic heterocycles. The Bertz CT molecular complexity index is 926. The smallest absolute Gasteiger partial charge is 0.244 e. The second-order valence-corrected chi connectivity index (χ2v) is 6.00. The van der Waals surface area contributed by atoms with Gasteiger partial charge in [-0.15, -0.1) is 0 Å². The van der Waals surface area contributed by atoms with E-state index in [1.807, 2.05) is 54.0 Å². The number of nitrogens with zero attached hydrogens (tertiary/aromatic N) is 1. The molecule has 1 heterocycles. The summed E-state index contributed by atoms with van der Waals surface area (Å²) in [6.45, 7) is 4.74. The molecule has 0 bridgehead atoms. The fraction of sp³-hybridized carbons (Fsp3) is 0.238. The van der Waals surface area contributed by atoms with Gasteiger partial charge in [-0.1, -0.05) is 25.1 Å². The molecule has 0 unspecified atom stereocenters. The Morgan fingerprint density at radius 3 is 2.58 bits per heavy atom. The molecule has 0 radical (unpaired) electrons. The lowest BCUT2D eigenvalue weighted by Crippen LogP contribution is -2.18. The summed E-state index contributed by atoms with van der Waals surface area (Å²) in [7, 11) is 0. The Hall–Kier alpha value is -3.08. The van der Waals surface area contributed by atoms with Crippen molar-refractivity contribution in [1.82, 2.24) is 4.57 Å². The zero-order valence-electron chi connectivity index (χ0n) is 15.0. The Morgan fingerprint density at radius 1 is 1.15 bits per heavy atom. The van der Waals surface area contributed by atoms with E-state index in [0.29, 0.717) is 17.9 Å². The number of carbonyl (C=O) groups is 2. The average Bonchev–Trinajstić information content (AvgIpc) is 3.01. The van der Waals surface area contributed by atoms with E-state index in [1.165, 1.54) is 0 Å². The first-order valence-corrected chi connectivity index (χ1v) is 8.74. The van der Waals surface area contributed by atoms with E-state index in [1.54, 1.807) is 6.20 Å². The maximum Gasteiger partial charge on any atom is 0.244 e. The van der Waals surface area contributed by atoms with E-state index in [9.17, 15) is 9.59 Å². The number of hydrogen-bond acceptors (Lipinski definition) is 3. The van der Waals surface area contributed by atoms with E-state index in [0.717, 1.165) is 34.9 Å². The number of rotatable bonds is 7. The average molecular weight is 350 g/mol. The molecule has 26 heavy (non-hydrogen) atoms. The maximum atomic E-state index is 12.5. The van der Waals surface area contributed by atoms with Gasteiger partial charge in [0.2, 0.25) is 5.91 Å². The number of aldehydes is 1. The van der Waals surface area contributed by atoms with Crippen LogP contribution in [0.25, 0.3) is 10.9 Å². The fourth-order valence-corrected chi connectivity index (χ4v) is 3.13. The summed E-state index contributed by atoms with van der Waals surface area (Å²) in [4.78, 5) is 23.9. The van der Waals surface area contributed by atoms with Crippen molar-refractivity contribution in [2.45, 2.75) is 26.8 Å². The normalized spacial score (nSPS) is 10.7. The van der Waals surface area contributed by atoms with Gasteiger partial charge in [0.1, 0.15) is 12.3 Å². The van der Waals surface area contributed by atoms with Gasteiger partial charge >= 0.3 is 0 Å². The number of para-hydroxylation sites is 1. The third-order valence-electron chi connectivity index (χ3n) is 4.28. The molecule has 3 rings (SSSR count). The molecule has 0 aliphatic rings. The summed E-state index contributed by atoms with van der Waals surface area (Å²) in [5, 5.41) is 3.77. The molecule has 1 N–H and O–H groups in total. The van der Waals surface area contributed by atoms with Crippen LogP contribution in [0.1, 0.15) is 29.8 Å². The molecule has 0 fully saturated rings. The molecule has 0 aliphatic carbocycles. The van der Waals surface area contributed by atoms with Gasteiger partial charge in [0, 0.05) is 22.8 Å². The first-order valence-electron chi connectivity index (χ1n) is 8.74. The molecule has 3 aromatic rings. The van der Waals surface area contributed by atoms with Crippen molar-refractivity contribution in [3.8, 4) is 5.75 Å². The van der Waals surface area contributed by atoms with E-state index in [4.69, 9.17) is 4.74 Å². The number of ether oxygens (including phenoxy) is 1. The summed E-state index contributed by atoms with van der Waals surface area (Å²) < 4.78 is 7.25. The zero-order valence-corrected chi connectivity index (χ0v) is 15.0. The van der Waals surface area contributed by atoms with Crippen LogP contribution in [-0.4, -0.2) is 23.4 Å². The van der Waals surface area contributed by atoms with E-state index in [2.05, 4.69) is 12.2 Å². The van der Waals surface area contributed by atoms with Crippen LogP contribution in [0.15, 0.2) is 48.7 Å². The Kier molecular flexibility index (Phi) is 5.37. The minimum absolute atomic E-state index is 0.144. The van der Waals surface area contributed by atoms with Gasteiger partial charge < -0.3 is 14.6 Å². The fourth-order valence-electron chi connectivity index (χ4n) is 3.13. The molecule has 0 saturated carbocycles. The molecule has 0 atom stereocenters. The van der Waals surface area contributed by atoms with Crippen molar-refractivity contribution in [2.24, 2.45) is 0 Å². The molecule has 134 valence electrons. The number of hydrogen-bond donors (Lipinski definition) is 1. The third-order valence-corrected chi connectivity index (χ3v) is 4.28. The largest absolute Gasteiger partial charge is 0.494 e. The molecule has 5 nitrogen and oxygen atoms in total. The molecule has 0 aliphatic heterocycles. The predicted octanol–water partition coefficient (Wildman–Crippen LogP) is 4.05. The number of amides is 1. The standard InChI is InChI=1S/C21H22N2O3/c1-3-15-6-5-7-19-16(14-24)12-23(21(15)19)13-20(25)22-17-8-10-18(11-9-17)26-4-2/h5-12,14H,3-4,13H2,1-2H3,(H,22,25). The van der Waals surface area contributed by atoms with Gasteiger partial charge in [0.15, 0.2) is 6.29 Å². The number of aryl methyl sites for hydroxylation is 1. The maximum absolute atomic E-state index is 12.5. The van der Waals surface area contributed by atoms with Crippen molar-refractivity contribution in [3.63, 3.8) is 0 Å². The number of fused-ring (bicyclic) bond motifs is 1. The van der Waals surface area contributed by atoms with Crippen LogP contribution in [0.2, 0.25) is 0 Å². The summed E-state index contributed by atoms with van der Waals surface area (Å²) in [5.41, 5.74) is 3.37. The quantitative estimate of drug-likeness (QED) is 0.654. The lowest BCUT2D eigenvalue weighted by Gasteiger charge is -2.10. The van der Waals surface area contributed by atoms with Crippen LogP contribution in [0.3, 0.4) is 0 Å². The Morgan fingerprint density at radius 2 is 1.92 bits per heavy atom. The highest BCUT2D eigenvalue weighted by molar-refractivity contribution is 6.00. The zero-order chi connectivity index (χ0) is 18.5. The minimum atomic E-state index is -0.144. The predicted molar refractivity (Wildman–Crippen MR) is 103 cm³/mol. The molecule has 0 spiro atoms. The van der Waals surface area contributed by atoms with E-state index < -0.39 is 0 Å². The molecular weight excluding hydrogens is 328 g/mol. The monoisotopic (exact) mass is 350 g/mol. The molecule has 5 heteroatoms. The topological polar surface area (TPSA) is 60.3 Å². The molecule has 2 aromatic carbocycles. The molecule has 0 saturated heterocycles. The summed E-state index contributed by atoms with van der Waals surface area (Å²) in [6, 6.07) is 13.2. The van der Waals surface area contributed by atoms with E-state index >= 15 is 0 Å². The van der Waals surface area contributed by atoms with Crippen molar-refractivity contribution < 1.29 is 14.3 Å². The van der Waals surface area contributed by atoms with Gasteiger partial charge in [-0.3, -0.25) is 9.59 Å². The second-order valence-electron chi connectivity index (χ2n) is 6.00. The minimum Gasteiger partial charge on any atom is -0.494 e. The van der Waals surface area contributed by atoms with Crippen LogP contribution in [0.4, 0.5) is 5.69 Å². The lowest BCUT2D eigenvalue weighted by atomic mass is 10.1. The van der Waals surface area contributed by atoms with Gasteiger partial charge in [-0.05, 0) is 43.2 Å². The third kappa shape index (κ3) is 3.61. The Balaban J connectivity index is 1.82. The van der Waals surface area contributed by atoms with Crippen LogP contribution >= 0.6 is 0 Å². The van der Waals surface area contributed by atoms with Crippen LogP contribution in [0.5, 0.6) is 5.75 Å². The van der Waals surface area contributed by atoms with Gasteiger partial charge in [-0.25, -0.2) is 0 Å². The summed E-state index contributed by atoms with van der Waals surface area (Å²) in [5.74, 6) is 0.625. The summed E-state index contributed by atoms with van der Waals surface area (Å²) in [6.07, 6.45) is 3.41. The number of nitrogens with one attached hydrogen (secondary N) is 1. The highest BCUT2D eigenvalue weighted by atomic mass is 16.5. The highest BCUT2D eigenvalue weighted by Gasteiger charge is 2.13. The van der Waals surface area contributed by atoms with Crippen LogP contribution in [0, 0.1) is 0 Å². The van der Waals surface area contributed by atoms with Gasteiger partial charge in [0.05, 0.1) is 12.1 Å². The van der Waals surface area contributed by atoms with Crippen LogP contribution < -0.4 is 10.1 Å². The second kappa shape index (κ2) is 7.87. The first kappa shape index (κ1) is 17.7.